The fraction of sp³-hybridized carbons (Fsp3) is 0.846. The Balaban J connectivity index is 3.91. The van der Waals surface area contributed by atoms with E-state index in [0.29, 0.717) is 25.6 Å². The highest BCUT2D eigenvalue weighted by atomic mass is 35.6. The number of rotatable bonds is 10. The molecule has 0 aliphatic rings. The second-order valence-electron chi connectivity index (χ2n) is 6.08. The molecule has 0 aliphatic heterocycles. The molecule has 2 N–H and O–H groups in total. The molecule has 0 aliphatic carbocycles. The molecule has 8 heteroatoms. The highest BCUT2D eigenvalue weighted by Gasteiger charge is 2.33. The predicted molar refractivity (Wildman–Crippen MR) is 96.4 cm³/mol. The van der Waals surface area contributed by atoms with Crippen LogP contribution in [0, 0.1) is 0 Å². The summed E-state index contributed by atoms with van der Waals surface area (Å²) >= 11 is 12.6. The molecule has 4 nitrogen and oxygen atoms in total. The van der Waals surface area contributed by atoms with Gasteiger partial charge in [0.05, 0.1) is 0 Å². The van der Waals surface area contributed by atoms with Gasteiger partial charge >= 0.3 is 0 Å². The Morgan fingerprint density at radius 1 is 0.952 bits per heavy atom. The molecule has 0 radical (unpaired) electrons. The topological polar surface area (TPSA) is 58.2 Å². The van der Waals surface area contributed by atoms with E-state index in [2.05, 4.69) is 23.7 Å². The lowest BCUT2D eigenvalue weighted by Gasteiger charge is -2.19. The maximum atomic E-state index is 12.1. The molecule has 1 atom stereocenters. The summed E-state index contributed by atoms with van der Waals surface area (Å²) in [7, 11) is -3.99. The minimum atomic E-state index is -2.44. The third-order valence-corrected chi connectivity index (χ3v) is 8.78. The van der Waals surface area contributed by atoms with Crippen molar-refractivity contribution in [3.05, 3.63) is 0 Å². The van der Waals surface area contributed by atoms with Gasteiger partial charge in [-0.3, -0.25) is 9.59 Å². The van der Waals surface area contributed by atoms with Crippen LogP contribution in [-0.2, 0) is 4.79 Å². The van der Waals surface area contributed by atoms with Crippen molar-refractivity contribution in [2.24, 2.45) is 0 Å². The van der Waals surface area contributed by atoms with E-state index in [9.17, 15) is 9.59 Å². The number of nitrogens with one attached hydrogen (secondary N) is 2. The lowest BCUT2D eigenvalue weighted by molar-refractivity contribution is -0.120. The van der Waals surface area contributed by atoms with Crippen molar-refractivity contribution in [3.8, 4) is 0 Å². The number of carbonyl (C=O) groups is 2. The van der Waals surface area contributed by atoms with Gasteiger partial charge in [0.25, 0.3) is 7.38 Å². The Kier molecular flexibility index (Phi) is 9.85. The average Bonchev–Trinajstić information content (AvgIpc) is 2.38. The van der Waals surface area contributed by atoms with E-state index < -0.39 is 14.8 Å². The van der Waals surface area contributed by atoms with Crippen LogP contribution in [0.5, 0.6) is 0 Å². The van der Waals surface area contributed by atoms with Gasteiger partial charge in [-0.15, -0.1) is 0 Å². The van der Waals surface area contributed by atoms with Gasteiger partial charge in [-0.2, -0.15) is 22.2 Å². The van der Waals surface area contributed by atoms with Crippen molar-refractivity contribution in [2.75, 3.05) is 13.1 Å². The monoisotopic (exact) mass is 370 g/mol. The smallest absolute Gasteiger partial charge is 0.253 e. The molecule has 124 valence electrons. The van der Waals surface area contributed by atoms with Crippen molar-refractivity contribution in [3.63, 3.8) is 0 Å². The van der Waals surface area contributed by atoms with E-state index in [4.69, 9.17) is 22.2 Å². The molecule has 0 heterocycles. The second-order valence-corrected chi connectivity index (χ2v) is 18.9. The third-order valence-electron chi connectivity index (χ3n) is 3.17. The molecule has 0 bridgehead atoms. The summed E-state index contributed by atoms with van der Waals surface area (Å²) in [5.74, 6) is 0.0326. The first-order valence-electron chi connectivity index (χ1n) is 7.51. The summed E-state index contributed by atoms with van der Waals surface area (Å²) in [6, 6.07) is 1.65. The molecule has 0 aromatic carbocycles. The van der Waals surface area contributed by atoms with E-state index in [0.717, 1.165) is 18.9 Å². The molecule has 0 rings (SSSR count). The molecular formula is C13H28Cl2N2O2Si2. The average molecular weight is 371 g/mol. The van der Waals surface area contributed by atoms with Gasteiger partial charge in [0.1, 0.15) is 0 Å². The maximum absolute atomic E-state index is 12.1. The Morgan fingerprint density at radius 2 is 1.48 bits per heavy atom. The summed E-state index contributed by atoms with van der Waals surface area (Å²) in [4.78, 5) is 23.2. The van der Waals surface area contributed by atoms with Crippen LogP contribution in [0.25, 0.3) is 0 Å². The molecule has 2 amide bonds. The van der Waals surface area contributed by atoms with Gasteiger partial charge in [-0.1, -0.05) is 20.0 Å². The second kappa shape index (κ2) is 9.87. The van der Waals surface area contributed by atoms with Gasteiger partial charge in [-0.25, -0.2) is 0 Å². The molecule has 0 fully saturated rings. The Hall–Kier alpha value is -0.0462. The first kappa shape index (κ1) is 21.0. The Morgan fingerprint density at radius 3 is 2.00 bits per heavy atom. The van der Waals surface area contributed by atoms with Crippen molar-refractivity contribution < 1.29 is 9.59 Å². The summed E-state index contributed by atoms with van der Waals surface area (Å²) in [6.07, 6.45) is 2.13. The zero-order valence-electron chi connectivity index (χ0n) is 13.5. The van der Waals surface area contributed by atoms with Gasteiger partial charge < -0.3 is 10.6 Å². The van der Waals surface area contributed by atoms with Crippen LogP contribution in [-0.4, -0.2) is 39.3 Å². The standard InChI is InChI=1S/C13H28Cl2N2O2Si2/c1-5-12(18)16-8-7-11-21(4,15)13(19)17-9-6-10-20(2,3)14/h5-11H2,1-4H3,(H,16,18)(H,17,19). The van der Waals surface area contributed by atoms with Crippen LogP contribution < -0.4 is 10.6 Å². The predicted octanol–water partition coefficient (Wildman–Crippen LogP) is 3.84. The van der Waals surface area contributed by atoms with Crippen LogP contribution in [0.15, 0.2) is 0 Å². The van der Waals surface area contributed by atoms with Crippen LogP contribution in [0.3, 0.4) is 0 Å². The van der Waals surface area contributed by atoms with Crippen LogP contribution in [0.4, 0.5) is 4.79 Å². The summed E-state index contributed by atoms with van der Waals surface area (Å²) in [5, 5.41) is 5.72. The van der Waals surface area contributed by atoms with Crippen LogP contribution in [0.2, 0.25) is 31.7 Å². The molecular weight excluding hydrogens is 343 g/mol. The van der Waals surface area contributed by atoms with Gasteiger partial charge in [-0.05, 0) is 31.5 Å². The van der Waals surface area contributed by atoms with Crippen molar-refractivity contribution >= 4 is 48.4 Å². The zero-order valence-corrected chi connectivity index (χ0v) is 17.0. The first-order chi connectivity index (χ1) is 9.58. The van der Waals surface area contributed by atoms with E-state index in [1.165, 1.54) is 0 Å². The van der Waals surface area contributed by atoms with Crippen LogP contribution >= 0.6 is 22.2 Å². The summed E-state index contributed by atoms with van der Waals surface area (Å²) < 4.78 is 0. The van der Waals surface area contributed by atoms with Gasteiger partial charge in [0, 0.05) is 19.5 Å². The lowest BCUT2D eigenvalue weighted by Crippen LogP contribution is -2.44. The maximum Gasteiger partial charge on any atom is 0.253 e. The molecule has 21 heavy (non-hydrogen) atoms. The van der Waals surface area contributed by atoms with E-state index in [1.807, 2.05) is 13.5 Å². The molecule has 0 aromatic heterocycles. The van der Waals surface area contributed by atoms with E-state index in [1.54, 1.807) is 0 Å². The minimum Gasteiger partial charge on any atom is -0.359 e. The van der Waals surface area contributed by atoms with E-state index >= 15 is 0 Å². The number of halogens is 2. The minimum absolute atomic E-state index is 0.0139. The number of hydrogen-bond donors (Lipinski definition) is 2. The van der Waals surface area contributed by atoms with E-state index in [-0.39, 0.29) is 11.4 Å². The molecule has 0 saturated heterocycles. The SMILES string of the molecule is CCC(=O)NCCC[Si](C)(Cl)C(=O)NCCC[Si](C)(C)Cl. The molecule has 0 spiro atoms. The number of carbonyl (C=O) groups excluding carboxylic acids is 2. The molecule has 1 unspecified atom stereocenters. The lowest BCUT2D eigenvalue weighted by atomic mass is 10.4. The summed E-state index contributed by atoms with van der Waals surface area (Å²) in [5.41, 5.74) is -0.0139. The van der Waals surface area contributed by atoms with Gasteiger partial charge in [0.2, 0.25) is 11.4 Å². The summed E-state index contributed by atoms with van der Waals surface area (Å²) in [6.45, 7) is 9.09. The fourth-order valence-corrected chi connectivity index (χ4v) is 5.36. The zero-order chi connectivity index (χ0) is 16.5. The van der Waals surface area contributed by atoms with Crippen LogP contribution in [0.1, 0.15) is 26.2 Å². The van der Waals surface area contributed by atoms with Crippen molar-refractivity contribution in [1.29, 1.82) is 0 Å². The Labute approximate surface area is 139 Å². The normalized spacial score (nSPS) is 14.4. The quantitative estimate of drug-likeness (QED) is 0.348. The number of hydrogen-bond acceptors (Lipinski definition) is 2. The van der Waals surface area contributed by atoms with Crippen molar-refractivity contribution in [1.82, 2.24) is 10.6 Å². The highest BCUT2D eigenvalue weighted by Crippen LogP contribution is 2.19. The third kappa shape index (κ3) is 11.2. The Bertz CT molecular complexity index is 348. The number of amides is 2. The largest absolute Gasteiger partial charge is 0.359 e. The molecule has 0 aromatic rings. The highest BCUT2D eigenvalue weighted by molar-refractivity contribution is 7.35. The molecule has 0 saturated carbocycles. The van der Waals surface area contributed by atoms with Gasteiger partial charge in [0.15, 0.2) is 7.38 Å². The van der Waals surface area contributed by atoms with Crippen molar-refractivity contribution in [2.45, 2.75) is 57.9 Å². The first-order valence-corrected chi connectivity index (χ1v) is 15.4. The fourth-order valence-electron chi connectivity index (χ4n) is 1.78.